The molecule has 1 heterocycles. The molecule has 0 atom stereocenters. The molecule has 3 nitrogen and oxygen atoms in total. The molecule has 0 aromatic heterocycles. The van der Waals surface area contributed by atoms with Crippen molar-refractivity contribution in [2.24, 2.45) is 11.3 Å². The average molecular weight is 182 g/mol. The molecule has 1 aliphatic heterocycles. The fraction of sp³-hybridized carbons (Fsp3) is 0.900. The number of hydrogen-bond donors (Lipinski definition) is 2. The van der Waals surface area contributed by atoms with Gasteiger partial charge in [-0.25, -0.2) is 0 Å². The molecule has 3 heteroatoms. The van der Waals surface area contributed by atoms with E-state index in [9.17, 15) is 4.79 Å². The van der Waals surface area contributed by atoms with Gasteiger partial charge in [0.05, 0.1) is 5.92 Å². The van der Waals surface area contributed by atoms with Crippen molar-refractivity contribution in [1.82, 2.24) is 10.6 Å². The first-order valence-corrected chi connectivity index (χ1v) is 5.18. The fourth-order valence-corrected chi connectivity index (χ4v) is 1.88. The predicted octanol–water partition coefficient (Wildman–Crippen LogP) is 0.512. The second-order valence-corrected chi connectivity index (χ2v) is 4.74. The van der Waals surface area contributed by atoms with Crippen LogP contribution in [0.25, 0.3) is 0 Å². The Labute approximate surface area is 79.3 Å². The lowest BCUT2D eigenvalue weighted by Crippen LogP contribution is -2.52. The molecule has 1 saturated carbocycles. The van der Waals surface area contributed by atoms with E-state index in [0.717, 1.165) is 19.6 Å². The van der Waals surface area contributed by atoms with Crippen LogP contribution in [0.2, 0.25) is 0 Å². The molecule has 0 radical (unpaired) electrons. The number of carbonyl (C=O) groups excluding carboxylic acids is 1. The molecule has 0 unspecified atom stereocenters. The summed E-state index contributed by atoms with van der Waals surface area (Å²) in [6.45, 7) is 4.86. The van der Waals surface area contributed by atoms with E-state index in [1.807, 2.05) is 0 Å². The highest BCUT2D eigenvalue weighted by atomic mass is 16.2. The van der Waals surface area contributed by atoms with Gasteiger partial charge in [-0.3, -0.25) is 4.79 Å². The minimum Gasteiger partial charge on any atom is -0.355 e. The van der Waals surface area contributed by atoms with Crippen LogP contribution in [0.1, 0.15) is 26.2 Å². The zero-order chi connectivity index (χ0) is 9.31. The van der Waals surface area contributed by atoms with E-state index in [2.05, 4.69) is 17.6 Å². The smallest absolute Gasteiger partial charge is 0.225 e. The third kappa shape index (κ3) is 1.85. The zero-order valence-electron chi connectivity index (χ0n) is 8.23. The lowest BCUT2D eigenvalue weighted by Gasteiger charge is -2.39. The Morgan fingerprint density at radius 3 is 2.62 bits per heavy atom. The van der Waals surface area contributed by atoms with E-state index >= 15 is 0 Å². The molecule has 0 spiro atoms. The molecule has 1 amide bonds. The molecule has 0 aromatic rings. The van der Waals surface area contributed by atoms with Crippen molar-refractivity contribution in [3.8, 4) is 0 Å². The molecule has 2 N–H and O–H groups in total. The van der Waals surface area contributed by atoms with Gasteiger partial charge in [-0.1, -0.05) is 13.3 Å². The van der Waals surface area contributed by atoms with Crippen molar-refractivity contribution >= 4 is 5.91 Å². The van der Waals surface area contributed by atoms with Crippen LogP contribution in [0.15, 0.2) is 0 Å². The average Bonchev–Trinajstić information content (AvgIpc) is 1.94. The van der Waals surface area contributed by atoms with Gasteiger partial charge in [0, 0.05) is 19.6 Å². The maximum atomic E-state index is 11.5. The Morgan fingerprint density at radius 1 is 1.54 bits per heavy atom. The third-order valence-electron chi connectivity index (χ3n) is 3.40. The molecule has 1 aliphatic carbocycles. The zero-order valence-corrected chi connectivity index (χ0v) is 8.23. The summed E-state index contributed by atoms with van der Waals surface area (Å²) in [5.74, 6) is 0.482. The van der Waals surface area contributed by atoms with Crippen molar-refractivity contribution in [3.05, 3.63) is 0 Å². The van der Waals surface area contributed by atoms with Crippen LogP contribution in [-0.4, -0.2) is 25.5 Å². The highest BCUT2D eigenvalue weighted by molar-refractivity contribution is 5.80. The third-order valence-corrected chi connectivity index (χ3v) is 3.40. The second-order valence-electron chi connectivity index (χ2n) is 4.74. The maximum absolute atomic E-state index is 11.5. The number of hydrogen-bond acceptors (Lipinski definition) is 2. The summed E-state index contributed by atoms with van der Waals surface area (Å²) in [7, 11) is 0. The highest BCUT2D eigenvalue weighted by Gasteiger charge is 2.33. The Hall–Kier alpha value is -0.570. The molecule has 1 saturated heterocycles. The topological polar surface area (TPSA) is 41.1 Å². The van der Waals surface area contributed by atoms with Crippen LogP contribution in [0.4, 0.5) is 0 Å². The summed E-state index contributed by atoms with van der Waals surface area (Å²) in [5.41, 5.74) is 0.410. The van der Waals surface area contributed by atoms with Crippen LogP contribution in [0, 0.1) is 11.3 Å². The van der Waals surface area contributed by atoms with Gasteiger partial charge >= 0.3 is 0 Å². The van der Waals surface area contributed by atoms with Crippen LogP contribution in [0.5, 0.6) is 0 Å². The Balaban J connectivity index is 1.69. The maximum Gasteiger partial charge on any atom is 0.225 e. The van der Waals surface area contributed by atoms with Crippen LogP contribution >= 0.6 is 0 Å². The predicted molar refractivity (Wildman–Crippen MR) is 51.3 cm³/mol. The summed E-state index contributed by atoms with van der Waals surface area (Å²) in [6.07, 6.45) is 3.88. The van der Waals surface area contributed by atoms with Crippen molar-refractivity contribution in [2.45, 2.75) is 26.2 Å². The molecular formula is C10H18N2O. The Bertz CT molecular complexity index is 207. The quantitative estimate of drug-likeness (QED) is 0.668. The van der Waals surface area contributed by atoms with E-state index in [0.29, 0.717) is 5.41 Å². The van der Waals surface area contributed by atoms with Crippen LogP contribution in [0.3, 0.4) is 0 Å². The standard InChI is InChI=1S/C10H18N2O/c1-10(3-2-4-10)7-12-9(13)8-5-11-6-8/h8,11H,2-7H2,1H3,(H,12,13). The van der Waals surface area contributed by atoms with E-state index in [1.54, 1.807) is 0 Å². The number of rotatable bonds is 3. The Kier molecular flexibility index (Phi) is 2.28. The van der Waals surface area contributed by atoms with E-state index < -0.39 is 0 Å². The molecule has 13 heavy (non-hydrogen) atoms. The van der Waals surface area contributed by atoms with Crippen molar-refractivity contribution in [1.29, 1.82) is 0 Å². The molecular weight excluding hydrogens is 164 g/mol. The largest absolute Gasteiger partial charge is 0.355 e. The summed E-state index contributed by atoms with van der Waals surface area (Å²) < 4.78 is 0. The first kappa shape index (κ1) is 9.00. The van der Waals surface area contributed by atoms with Gasteiger partial charge < -0.3 is 10.6 Å². The van der Waals surface area contributed by atoms with E-state index in [4.69, 9.17) is 0 Å². The van der Waals surface area contributed by atoms with Crippen molar-refractivity contribution in [3.63, 3.8) is 0 Å². The van der Waals surface area contributed by atoms with Crippen LogP contribution < -0.4 is 10.6 Å². The van der Waals surface area contributed by atoms with Gasteiger partial charge in [0.25, 0.3) is 0 Å². The summed E-state index contributed by atoms with van der Waals surface area (Å²) in [5, 5.41) is 6.15. The van der Waals surface area contributed by atoms with Crippen LogP contribution in [-0.2, 0) is 4.79 Å². The van der Waals surface area contributed by atoms with Gasteiger partial charge in [-0.15, -0.1) is 0 Å². The molecule has 2 aliphatic rings. The van der Waals surface area contributed by atoms with Gasteiger partial charge in [0.15, 0.2) is 0 Å². The molecule has 0 bridgehead atoms. The summed E-state index contributed by atoms with van der Waals surface area (Å²) >= 11 is 0. The van der Waals surface area contributed by atoms with Gasteiger partial charge in [-0.2, -0.15) is 0 Å². The number of carbonyl (C=O) groups is 1. The van der Waals surface area contributed by atoms with Gasteiger partial charge in [-0.05, 0) is 18.3 Å². The lowest BCUT2D eigenvalue weighted by molar-refractivity contribution is -0.127. The first-order valence-electron chi connectivity index (χ1n) is 5.18. The molecule has 74 valence electrons. The van der Waals surface area contributed by atoms with Crippen molar-refractivity contribution < 1.29 is 4.79 Å². The Morgan fingerprint density at radius 2 is 2.23 bits per heavy atom. The highest BCUT2D eigenvalue weighted by Crippen LogP contribution is 2.39. The normalized spacial score (nSPS) is 25.9. The SMILES string of the molecule is CC1(CNC(=O)C2CNC2)CCC1. The first-order chi connectivity index (χ1) is 6.20. The lowest BCUT2D eigenvalue weighted by atomic mass is 9.70. The number of nitrogens with one attached hydrogen (secondary N) is 2. The van der Waals surface area contributed by atoms with E-state index in [1.165, 1.54) is 19.3 Å². The molecule has 2 fully saturated rings. The van der Waals surface area contributed by atoms with Gasteiger partial charge in [0.2, 0.25) is 5.91 Å². The minimum absolute atomic E-state index is 0.240. The molecule has 2 rings (SSSR count). The summed E-state index contributed by atoms with van der Waals surface area (Å²) in [4.78, 5) is 11.5. The molecule has 0 aromatic carbocycles. The summed E-state index contributed by atoms with van der Waals surface area (Å²) in [6, 6.07) is 0. The number of amides is 1. The van der Waals surface area contributed by atoms with Gasteiger partial charge in [0.1, 0.15) is 0 Å². The van der Waals surface area contributed by atoms with Crippen molar-refractivity contribution in [2.75, 3.05) is 19.6 Å². The monoisotopic (exact) mass is 182 g/mol. The second kappa shape index (κ2) is 3.29. The fourth-order valence-electron chi connectivity index (χ4n) is 1.88. The van der Waals surface area contributed by atoms with E-state index in [-0.39, 0.29) is 11.8 Å². The minimum atomic E-state index is 0.240.